The van der Waals surface area contributed by atoms with Gasteiger partial charge in [0.1, 0.15) is 6.61 Å². The molecule has 264 valence electrons. The van der Waals surface area contributed by atoms with Gasteiger partial charge in [-0.3, -0.25) is 0 Å². The van der Waals surface area contributed by atoms with Crippen LogP contribution in [0.25, 0.3) is 0 Å². The molecule has 0 spiro atoms. The van der Waals surface area contributed by atoms with Gasteiger partial charge in [-0.25, -0.2) is 19.2 Å². The van der Waals surface area contributed by atoms with Crippen molar-refractivity contribution in [1.29, 1.82) is 0 Å². The standard InChI is InChI=1S/2C7H9F3O2.2C5H5F3O2.CH4/c1-5(2)6(11)12-4-3-7(8,9)10;1-4(2)6(11)12-5(3)7(8,9)10;2*1-3(2)4(9)10-5(6,7)8;/h1,3-4H2,2H3;5H,1H2,2-3H3;2*1H2,2H3;1H4. The van der Waals surface area contributed by atoms with Crippen molar-refractivity contribution in [2.75, 3.05) is 6.61 Å². The lowest BCUT2D eigenvalue weighted by atomic mass is 10.3. The minimum absolute atomic E-state index is 0. The number of alkyl halides is 12. The molecule has 1 unspecified atom stereocenters. The summed E-state index contributed by atoms with van der Waals surface area (Å²) in [5.41, 5.74) is -0.516. The van der Waals surface area contributed by atoms with E-state index in [1.807, 2.05) is 0 Å². The predicted molar refractivity (Wildman–Crippen MR) is 134 cm³/mol. The maximum atomic E-state index is 11.8. The SMILES string of the molecule is C.C=C(C)C(=O)OC(C)C(F)(F)F.C=C(C)C(=O)OC(F)(F)F.C=C(C)C(=O)OC(F)(F)F.C=C(C)C(=O)OCCC(F)(F)F. The number of hydrogen-bond acceptors (Lipinski definition) is 8. The Morgan fingerprint density at radius 3 is 1.04 bits per heavy atom. The lowest BCUT2D eigenvalue weighted by Gasteiger charge is -2.15. The largest absolute Gasteiger partial charge is 0.575 e. The summed E-state index contributed by atoms with van der Waals surface area (Å²) in [6.07, 6.45) is -21.8. The zero-order valence-electron chi connectivity index (χ0n) is 23.6. The molecule has 45 heavy (non-hydrogen) atoms. The highest BCUT2D eigenvalue weighted by Crippen LogP contribution is 2.23. The Labute approximate surface area is 250 Å². The molecule has 20 heteroatoms. The molecular formula is C25H32F12O8. The third-order valence-corrected chi connectivity index (χ3v) is 3.17. The Kier molecular flexibility index (Phi) is 24.4. The molecule has 0 aliphatic rings. The Bertz CT molecular complexity index is 983. The molecule has 0 fully saturated rings. The molecule has 0 saturated heterocycles. The number of rotatable bonds is 7. The summed E-state index contributed by atoms with van der Waals surface area (Å²) in [7, 11) is 0. The molecule has 0 heterocycles. The third kappa shape index (κ3) is 38.0. The highest BCUT2D eigenvalue weighted by Gasteiger charge is 2.39. The average molecular weight is 688 g/mol. The summed E-state index contributed by atoms with van der Waals surface area (Å²) in [6.45, 7) is 17.3. The fourth-order valence-corrected chi connectivity index (χ4v) is 1.10. The first-order valence-electron chi connectivity index (χ1n) is 11.0. The molecule has 0 aromatic carbocycles. The van der Waals surface area contributed by atoms with Gasteiger partial charge in [0.05, 0.1) is 6.42 Å². The van der Waals surface area contributed by atoms with Crippen LogP contribution in [0.1, 0.15) is 48.5 Å². The van der Waals surface area contributed by atoms with Crippen molar-refractivity contribution < 1.29 is 90.8 Å². The van der Waals surface area contributed by atoms with Crippen LogP contribution in [0.2, 0.25) is 0 Å². The fourth-order valence-electron chi connectivity index (χ4n) is 1.10. The van der Waals surface area contributed by atoms with Gasteiger partial charge >= 0.3 is 49.0 Å². The van der Waals surface area contributed by atoms with Gasteiger partial charge in [0.25, 0.3) is 0 Å². The van der Waals surface area contributed by atoms with Crippen molar-refractivity contribution >= 4 is 23.9 Å². The van der Waals surface area contributed by atoms with Crippen molar-refractivity contribution in [3.8, 4) is 0 Å². The van der Waals surface area contributed by atoms with Gasteiger partial charge in [-0.05, 0) is 34.6 Å². The second kappa shape index (κ2) is 21.7. The quantitative estimate of drug-likeness (QED) is 0.115. The zero-order valence-corrected chi connectivity index (χ0v) is 23.6. The van der Waals surface area contributed by atoms with Crippen LogP contribution < -0.4 is 0 Å². The van der Waals surface area contributed by atoms with Crippen molar-refractivity contribution in [3.05, 3.63) is 48.6 Å². The molecule has 8 nitrogen and oxygen atoms in total. The van der Waals surface area contributed by atoms with Crippen LogP contribution in [0.15, 0.2) is 48.6 Å². The molecular weight excluding hydrogens is 656 g/mol. The first-order valence-corrected chi connectivity index (χ1v) is 11.0. The lowest BCUT2D eigenvalue weighted by molar-refractivity contribution is -0.305. The molecule has 0 N–H and O–H groups in total. The molecule has 0 amide bonds. The molecule has 0 aromatic rings. The summed E-state index contributed by atoms with van der Waals surface area (Å²) in [4.78, 5) is 41.4. The van der Waals surface area contributed by atoms with Crippen LogP contribution in [0.3, 0.4) is 0 Å². The topological polar surface area (TPSA) is 105 Å². The Morgan fingerprint density at radius 2 is 0.867 bits per heavy atom. The Morgan fingerprint density at radius 1 is 0.578 bits per heavy atom. The summed E-state index contributed by atoms with van der Waals surface area (Å²) in [5, 5.41) is 0. The van der Waals surface area contributed by atoms with Crippen LogP contribution in [0.4, 0.5) is 52.7 Å². The molecule has 0 radical (unpaired) electrons. The van der Waals surface area contributed by atoms with E-state index in [4.69, 9.17) is 0 Å². The monoisotopic (exact) mass is 688 g/mol. The smallest absolute Gasteiger partial charge is 0.462 e. The van der Waals surface area contributed by atoms with E-state index in [-0.39, 0.29) is 29.7 Å². The Balaban J connectivity index is -0.000000157. The first kappa shape index (κ1) is 50.6. The maximum absolute atomic E-state index is 11.8. The van der Waals surface area contributed by atoms with Crippen molar-refractivity contribution in [2.24, 2.45) is 0 Å². The van der Waals surface area contributed by atoms with Gasteiger partial charge in [-0.2, -0.15) is 26.3 Å². The molecule has 0 bridgehead atoms. The molecule has 0 saturated carbocycles. The van der Waals surface area contributed by atoms with Crippen molar-refractivity contribution in [3.63, 3.8) is 0 Å². The average Bonchev–Trinajstić information content (AvgIpc) is 2.76. The lowest BCUT2D eigenvalue weighted by Crippen LogP contribution is -2.30. The minimum Gasteiger partial charge on any atom is -0.462 e. The molecule has 0 aliphatic heterocycles. The number of carbonyl (C=O) groups excluding carboxylic acids is 4. The minimum atomic E-state index is -4.91. The molecule has 0 rings (SSSR count). The van der Waals surface area contributed by atoms with Gasteiger partial charge in [0.15, 0.2) is 6.10 Å². The molecule has 0 aromatic heterocycles. The van der Waals surface area contributed by atoms with E-state index in [0.717, 1.165) is 20.8 Å². The molecule has 0 aliphatic carbocycles. The van der Waals surface area contributed by atoms with E-state index in [1.165, 1.54) is 13.8 Å². The highest BCUT2D eigenvalue weighted by atomic mass is 19.4. The normalized spacial score (nSPS) is 11.4. The van der Waals surface area contributed by atoms with E-state index in [9.17, 15) is 71.9 Å². The predicted octanol–water partition coefficient (Wildman–Crippen LogP) is 8.00. The van der Waals surface area contributed by atoms with Gasteiger partial charge in [-0.15, -0.1) is 26.3 Å². The van der Waals surface area contributed by atoms with Crippen LogP contribution in [0.5, 0.6) is 0 Å². The van der Waals surface area contributed by atoms with Crippen LogP contribution in [-0.2, 0) is 38.1 Å². The van der Waals surface area contributed by atoms with Crippen LogP contribution in [-0.4, -0.2) is 61.7 Å². The molecule has 1 atom stereocenters. The van der Waals surface area contributed by atoms with Crippen molar-refractivity contribution in [1.82, 2.24) is 0 Å². The van der Waals surface area contributed by atoms with E-state index < -0.39 is 68.1 Å². The van der Waals surface area contributed by atoms with E-state index in [1.54, 1.807) is 0 Å². The second-order valence-electron chi connectivity index (χ2n) is 7.88. The highest BCUT2D eigenvalue weighted by molar-refractivity contribution is 5.88. The maximum Gasteiger partial charge on any atom is 0.575 e. The van der Waals surface area contributed by atoms with Crippen LogP contribution >= 0.6 is 0 Å². The van der Waals surface area contributed by atoms with Gasteiger partial charge in [-0.1, -0.05) is 33.7 Å². The second-order valence-corrected chi connectivity index (χ2v) is 7.88. The van der Waals surface area contributed by atoms with E-state index in [0.29, 0.717) is 0 Å². The van der Waals surface area contributed by atoms with Gasteiger partial charge < -0.3 is 18.9 Å². The summed E-state index contributed by atoms with van der Waals surface area (Å²) in [5.74, 6) is -4.72. The first-order chi connectivity index (χ1) is 19.2. The number of esters is 4. The van der Waals surface area contributed by atoms with Gasteiger partial charge in [0, 0.05) is 22.3 Å². The van der Waals surface area contributed by atoms with E-state index >= 15 is 0 Å². The van der Waals surface area contributed by atoms with Gasteiger partial charge in [0.2, 0.25) is 0 Å². The summed E-state index contributed by atoms with van der Waals surface area (Å²) in [6, 6.07) is 0. The number of halogens is 12. The number of hydrogen-bond donors (Lipinski definition) is 0. The summed E-state index contributed by atoms with van der Waals surface area (Å²) < 4.78 is 151. The number of carbonyl (C=O) groups is 4. The van der Waals surface area contributed by atoms with Crippen LogP contribution in [0, 0.1) is 0 Å². The van der Waals surface area contributed by atoms with E-state index in [2.05, 4.69) is 45.3 Å². The fraction of sp³-hybridized carbons (Fsp3) is 0.520. The Hall–Kier alpha value is -4.00. The zero-order chi connectivity index (χ0) is 36.4. The third-order valence-electron chi connectivity index (χ3n) is 3.17. The summed E-state index contributed by atoms with van der Waals surface area (Å²) >= 11 is 0. The van der Waals surface area contributed by atoms with Crippen molar-refractivity contribution in [2.45, 2.75) is 79.6 Å². The number of ether oxygens (including phenoxy) is 4.